The molecular formula is C17H22N2O3. The molecule has 2 rings (SSSR count). The Hall–Kier alpha value is -2.14. The van der Waals surface area contributed by atoms with E-state index in [2.05, 4.69) is 10.3 Å². The van der Waals surface area contributed by atoms with Crippen molar-refractivity contribution < 1.29 is 14.3 Å². The molecule has 0 fully saturated rings. The molecular weight excluding hydrogens is 280 g/mol. The molecule has 5 heteroatoms. The van der Waals surface area contributed by atoms with E-state index in [0.29, 0.717) is 37.5 Å². The van der Waals surface area contributed by atoms with E-state index in [1.54, 1.807) is 13.1 Å². The lowest BCUT2D eigenvalue weighted by atomic mass is 10.1. The van der Waals surface area contributed by atoms with E-state index in [4.69, 9.17) is 9.52 Å². The molecule has 0 spiro atoms. The van der Waals surface area contributed by atoms with E-state index >= 15 is 0 Å². The highest BCUT2D eigenvalue weighted by atomic mass is 16.4. The molecule has 2 aromatic rings. The normalized spacial score (nSPS) is 12.1. The van der Waals surface area contributed by atoms with E-state index in [9.17, 15) is 4.79 Å². The third-order valence-corrected chi connectivity index (χ3v) is 3.34. The zero-order valence-electron chi connectivity index (χ0n) is 13.0. The lowest BCUT2D eigenvalue weighted by Gasteiger charge is -2.05. The number of aliphatic hydroxyl groups excluding tert-OH is 1. The molecule has 2 N–H and O–H groups in total. The molecule has 5 nitrogen and oxygen atoms in total. The highest BCUT2D eigenvalue weighted by Gasteiger charge is 2.09. The average Bonchev–Trinajstić information content (AvgIpc) is 2.94. The molecule has 1 unspecified atom stereocenters. The van der Waals surface area contributed by atoms with E-state index in [0.717, 1.165) is 5.56 Å². The van der Waals surface area contributed by atoms with Gasteiger partial charge < -0.3 is 14.8 Å². The van der Waals surface area contributed by atoms with Gasteiger partial charge >= 0.3 is 0 Å². The summed E-state index contributed by atoms with van der Waals surface area (Å²) in [5.74, 6) is 1.21. The Morgan fingerprint density at radius 3 is 2.77 bits per heavy atom. The summed E-state index contributed by atoms with van der Waals surface area (Å²) in [5, 5.41) is 11.9. The molecule has 0 radical (unpaired) electrons. The van der Waals surface area contributed by atoms with Gasteiger partial charge in [0.15, 0.2) is 11.7 Å². The van der Waals surface area contributed by atoms with E-state index in [-0.39, 0.29) is 5.91 Å². The van der Waals surface area contributed by atoms with E-state index in [1.807, 2.05) is 31.2 Å². The van der Waals surface area contributed by atoms with Crippen LogP contribution in [-0.4, -0.2) is 28.6 Å². The first-order valence-electron chi connectivity index (χ1n) is 7.51. The highest BCUT2D eigenvalue weighted by Crippen LogP contribution is 2.21. The van der Waals surface area contributed by atoms with Crippen molar-refractivity contribution in [3.05, 3.63) is 41.9 Å². The predicted molar refractivity (Wildman–Crippen MR) is 84.3 cm³/mol. The van der Waals surface area contributed by atoms with Gasteiger partial charge in [-0.05, 0) is 20.3 Å². The Kier molecular flexibility index (Phi) is 5.72. The van der Waals surface area contributed by atoms with Gasteiger partial charge in [0.25, 0.3) is 0 Å². The van der Waals surface area contributed by atoms with Gasteiger partial charge in [0.05, 0.1) is 12.3 Å². The second-order valence-electron chi connectivity index (χ2n) is 5.47. The number of carbonyl (C=O) groups excluding carboxylic acids is 1. The van der Waals surface area contributed by atoms with Crippen molar-refractivity contribution in [2.75, 3.05) is 6.54 Å². The number of hydrogen-bond acceptors (Lipinski definition) is 4. The summed E-state index contributed by atoms with van der Waals surface area (Å²) in [6.45, 7) is 4.22. The van der Waals surface area contributed by atoms with Crippen molar-refractivity contribution in [2.45, 2.75) is 39.2 Å². The van der Waals surface area contributed by atoms with Crippen molar-refractivity contribution in [1.82, 2.24) is 10.3 Å². The van der Waals surface area contributed by atoms with Gasteiger partial charge in [-0.2, -0.15) is 0 Å². The van der Waals surface area contributed by atoms with Gasteiger partial charge in [0, 0.05) is 24.9 Å². The standard InChI is InChI=1S/C17H22N2O3/c1-12-3-5-14(6-4-12)15-11-19-17(22-15)8-7-16(21)18-10-9-13(2)20/h3-6,11,13,20H,7-10H2,1-2H3,(H,18,21). The summed E-state index contributed by atoms with van der Waals surface area (Å²) >= 11 is 0. The van der Waals surface area contributed by atoms with Crippen LogP contribution in [0.3, 0.4) is 0 Å². The summed E-state index contributed by atoms with van der Waals surface area (Å²) in [6.07, 6.45) is 2.64. The summed E-state index contributed by atoms with van der Waals surface area (Å²) in [4.78, 5) is 15.9. The smallest absolute Gasteiger partial charge is 0.220 e. The Morgan fingerprint density at radius 1 is 1.36 bits per heavy atom. The van der Waals surface area contributed by atoms with Crippen LogP contribution in [0.15, 0.2) is 34.9 Å². The Bertz CT molecular complexity index is 603. The minimum atomic E-state index is -0.399. The van der Waals surface area contributed by atoms with Crippen LogP contribution >= 0.6 is 0 Å². The summed E-state index contributed by atoms with van der Waals surface area (Å²) in [5.41, 5.74) is 2.17. The van der Waals surface area contributed by atoms with Gasteiger partial charge in [-0.3, -0.25) is 4.79 Å². The van der Waals surface area contributed by atoms with Gasteiger partial charge in [0.1, 0.15) is 0 Å². The molecule has 1 aromatic heterocycles. The fourth-order valence-electron chi connectivity index (χ4n) is 2.01. The van der Waals surface area contributed by atoms with Crippen molar-refractivity contribution in [3.63, 3.8) is 0 Å². The number of aromatic nitrogens is 1. The van der Waals surface area contributed by atoms with Crippen molar-refractivity contribution in [2.24, 2.45) is 0 Å². The summed E-state index contributed by atoms with van der Waals surface area (Å²) in [7, 11) is 0. The Labute approximate surface area is 130 Å². The molecule has 0 bridgehead atoms. The number of aliphatic hydroxyl groups is 1. The third-order valence-electron chi connectivity index (χ3n) is 3.34. The quantitative estimate of drug-likeness (QED) is 0.824. The molecule has 22 heavy (non-hydrogen) atoms. The van der Waals surface area contributed by atoms with Gasteiger partial charge in [0.2, 0.25) is 5.91 Å². The van der Waals surface area contributed by atoms with E-state index in [1.165, 1.54) is 5.56 Å². The van der Waals surface area contributed by atoms with Crippen LogP contribution in [0.4, 0.5) is 0 Å². The van der Waals surface area contributed by atoms with E-state index < -0.39 is 6.10 Å². The number of carbonyl (C=O) groups is 1. The highest BCUT2D eigenvalue weighted by molar-refractivity contribution is 5.76. The van der Waals surface area contributed by atoms with Crippen LogP contribution in [0.1, 0.15) is 31.2 Å². The molecule has 118 valence electrons. The van der Waals surface area contributed by atoms with Crippen molar-refractivity contribution >= 4 is 5.91 Å². The van der Waals surface area contributed by atoms with Crippen LogP contribution in [0, 0.1) is 6.92 Å². The molecule has 1 atom stereocenters. The van der Waals surface area contributed by atoms with Crippen LogP contribution in [0.25, 0.3) is 11.3 Å². The van der Waals surface area contributed by atoms with Crippen molar-refractivity contribution in [1.29, 1.82) is 0 Å². The lowest BCUT2D eigenvalue weighted by molar-refractivity contribution is -0.121. The molecule has 0 aliphatic carbocycles. The zero-order chi connectivity index (χ0) is 15.9. The maximum Gasteiger partial charge on any atom is 0.220 e. The number of benzene rings is 1. The minimum Gasteiger partial charge on any atom is -0.441 e. The maximum absolute atomic E-state index is 11.6. The third kappa shape index (κ3) is 5.00. The molecule has 0 aliphatic rings. The predicted octanol–water partition coefficient (Wildman–Crippen LogP) is 2.47. The molecule has 0 saturated heterocycles. The van der Waals surface area contributed by atoms with Crippen LogP contribution in [-0.2, 0) is 11.2 Å². The molecule has 1 heterocycles. The topological polar surface area (TPSA) is 75.4 Å². The lowest BCUT2D eigenvalue weighted by Crippen LogP contribution is -2.26. The number of aryl methyl sites for hydroxylation is 2. The fraction of sp³-hybridized carbons (Fsp3) is 0.412. The van der Waals surface area contributed by atoms with Gasteiger partial charge in [-0.1, -0.05) is 29.8 Å². The molecule has 1 amide bonds. The van der Waals surface area contributed by atoms with Crippen LogP contribution in [0.5, 0.6) is 0 Å². The molecule has 0 aliphatic heterocycles. The van der Waals surface area contributed by atoms with Gasteiger partial charge in [-0.25, -0.2) is 4.98 Å². The second kappa shape index (κ2) is 7.75. The molecule has 1 aromatic carbocycles. The number of amides is 1. The Morgan fingerprint density at radius 2 is 2.09 bits per heavy atom. The number of nitrogens with one attached hydrogen (secondary N) is 1. The first kappa shape index (κ1) is 16.2. The number of nitrogens with zero attached hydrogens (tertiary/aromatic N) is 1. The minimum absolute atomic E-state index is 0.0595. The monoisotopic (exact) mass is 302 g/mol. The first-order valence-corrected chi connectivity index (χ1v) is 7.51. The van der Waals surface area contributed by atoms with Crippen LogP contribution in [0.2, 0.25) is 0 Å². The van der Waals surface area contributed by atoms with Crippen LogP contribution < -0.4 is 5.32 Å². The zero-order valence-corrected chi connectivity index (χ0v) is 13.0. The average molecular weight is 302 g/mol. The number of rotatable bonds is 7. The fourth-order valence-corrected chi connectivity index (χ4v) is 2.01. The summed E-state index contributed by atoms with van der Waals surface area (Å²) < 4.78 is 5.67. The number of oxazole rings is 1. The first-order chi connectivity index (χ1) is 10.5. The second-order valence-corrected chi connectivity index (χ2v) is 5.47. The van der Waals surface area contributed by atoms with Gasteiger partial charge in [-0.15, -0.1) is 0 Å². The number of hydrogen-bond donors (Lipinski definition) is 2. The van der Waals surface area contributed by atoms with Crippen molar-refractivity contribution in [3.8, 4) is 11.3 Å². The summed E-state index contributed by atoms with van der Waals surface area (Å²) in [6, 6.07) is 8.02. The molecule has 0 saturated carbocycles. The maximum atomic E-state index is 11.6. The Balaban J connectivity index is 1.82. The largest absolute Gasteiger partial charge is 0.441 e. The SMILES string of the molecule is Cc1ccc(-c2cnc(CCC(=O)NCCC(C)O)o2)cc1.